The lowest BCUT2D eigenvalue weighted by Crippen LogP contribution is -2.19. The third-order valence-electron chi connectivity index (χ3n) is 3.06. The van der Waals surface area contributed by atoms with Gasteiger partial charge in [0.05, 0.1) is 10.8 Å². The van der Waals surface area contributed by atoms with Crippen LogP contribution >= 0.6 is 0 Å². The van der Waals surface area contributed by atoms with Gasteiger partial charge in [-0.05, 0) is 23.8 Å². The molecule has 0 fully saturated rings. The van der Waals surface area contributed by atoms with Crippen molar-refractivity contribution in [3.8, 4) is 0 Å². The molecule has 0 radical (unpaired) electrons. The van der Waals surface area contributed by atoms with Gasteiger partial charge >= 0.3 is 0 Å². The van der Waals surface area contributed by atoms with Crippen molar-refractivity contribution in [3.63, 3.8) is 0 Å². The summed E-state index contributed by atoms with van der Waals surface area (Å²) in [5.41, 5.74) is 6.71. The molecule has 0 bridgehead atoms. The largest absolute Gasteiger partial charge is 0.330 e. The van der Waals surface area contributed by atoms with Crippen LogP contribution in [0.25, 0.3) is 0 Å². The third kappa shape index (κ3) is 3.49. The maximum absolute atomic E-state index is 13.1. The molecular formula is C15H15F2NOS. The molecule has 0 aliphatic rings. The summed E-state index contributed by atoms with van der Waals surface area (Å²) < 4.78 is 38.2. The zero-order valence-electron chi connectivity index (χ0n) is 10.8. The molecule has 0 aliphatic heterocycles. The summed E-state index contributed by atoms with van der Waals surface area (Å²) in [7, 11) is -1.42. The Labute approximate surface area is 119 Å². The lowest BCUT2D eigenvalue weighted by molar-refractivity contribution is 0.505. The summed E-state index contributed by atoms with van der Waals surface area (Å²) >= 11 is 0. The van der Waals surface area contributed by atoms with Gasteiger partial charge in [-0.25, -0.2) is 8.78 Å². The van der Waals surface area contributed by atoms with E-state index in [1.165, 1.54) is 6.07 Å². The minimum absolute atomic E-state index is 0.0786. The van der Waals surface area contributed by atoms with Crippen LogP contribution in [-0.2, 0) is 10.8 Å². The van der Waals surface area contributed by atoms with Crippen LogP contribution in [0.15, 0.2) is 53.4 Å². The Bertz CT molecular complexity index is 604. The summed E-state index contributed by atoms with van der Waals surface area (Å²) in [6, 6.07) is 12.8. The van der Waals surface area contributed by atoms with E-state index >= 15 is 0 Å². The van der Waals surface area contributed by atoms with Crippen LogP contribution in [0, 0.1) is 11.6 Å². The van der Waals surface area contributed by atoms with Crippen molar-refractivity contribution in [1.82, 2.24) is 0 Å². The second kappa shape index (κ2) is 6.72. The molecule has 0 spiro atoms. The first-order valence-corrected chi connectivity index (χ1v) is 7.52. The Morgan fingerprint density at radius 3 is 2.35 bits per heavy atom. The number of hydrogen-bond donors (Lipinski definition) is 1. The fourth-order valence-electron chi connectivity index (χ4n) is 1.92. The minimum atomic E-state index is -1.42. The SMILES string of the molecule is NCC(CS(=O)c1ccc(F)c(F)c1)c1ccccc1. The monoisotopic (exact) mass is 295 g/mol. The van der Waals surface area contributed by atoms with Crippen LogP contribution in [0.2, 0.25) is 0 Å². The molecule has 0 saturated carbocycles. The highest BCUT2D eigenvalue weighted by Gasteiger charge is 2.16. The van der Waals surface area contributed by atoms with Crippen molar-refractivity contribution in [2.24, 2.45) is 5.73 Å². The summed E-state index contributed by atoms with van der Waals surface area (Å²) in [4.78, 5) is 0.276. The van der Waals surface area contributed by atoms with E-state index in [1.807, 2.05) is 30.3 Å². The zero-order valence-corrected chi connectivity index (χ0v) is 11.6. The molecule has 2 atom stereocenters. The zero-order chi connectivity index (χ0) is 14.5. The maximum atomic E-state index is 13.1. The number of rotatable bonds is 5. The van der Waals surface area contributed by atoms with Crippen molar-refractivity contribution < 1.29 is 13.0 Å². The number of nitrogens with two attached hydrogens (primary N) is 1. The Morgan fingerprint density at radius 2 is 1.75 bits per heavy atom. The normalized spacial score (nSPS) is 13.9. The Hall–Kier alpha value is -1.59. The highest BCUT2D eigenvalue weighted by Crippen LogP contribution is 2.20. The predicted octanol–water partition coefficient (Wildman–Crippen LogP) is 2.81. The van der Waals surface area contributed by atoms with Crippen molar-refractivity contribution in [2.75, 3.05) is 12.3 Å². The number of hydrogen-bond acceptors (Lipinski definition) is 2. The third-order valence-corrected chi connectivity index (χ3v) is 4.55. The molecule has 20 heavy (non-hydrogen) atoms. The van der Waals surface area contributed by atoms with Gasteiger partial charge in [0.2, 0.25) is 0 Å². The smallest absolute Gasteiger partial charge is 0.160 e. The standard InChI is InChI=1S/C15H15F2NOS/c16-14-7-6-13(8-15(14)17)20(19)10-12(9-18)11-4-2-1-3-5-11/h1-8,12H,9-10,18H2. The molecule has 0 aromatic heterocycles. The van der Waals surface area contributed by atoms with Gasteiger partial charge in [0.1, 0.15) is 0 Å². The van der Waals surface area contributed by atoms with Gasteiger partial charge < -0.3 is 5.73 Å². The first kappa shape index (κ1) is 14.8. The number of benzene rings is 2. The van der Waals surface area contributed by atoms with E-state index in [4.69, 9.17) is 5.73 Å². The fraction of sp³-hybridized carbons (Fsp3) is 0.200. The quantitative estimate of drug-likeness (QED) is 0.921. The predicted molar refractivity (Wildman–Crippen MR) is 75.9 cm³/mol. The summed E-state index contributed by atoms with van der Waals surface area (Å²) in [5, 5.41) is 0. The molecule has 2 aromatic carbocycles. The van der Waals surface area contributed by atoms with Crippen LogP contribution in [0.3, 0.4) is 0 Å². The Kier molecular flexibility index (Phi) is 4.98. The van der Waals surface area contributed by atoms with Crippen molar-refractivity contribution >= 4 is 10.8 Å². The first-order chi connectivity index (χ1) is 9.61. The average Bonchev–Trinajstić information content (AvgIpc) is 2.48. The minimum Gasteiger partial charge on any atom is -0.330 e. The van der Waals surface area contributed by atoms with Crippen LogP contribution in [0.5, 0.6) is 0 Å². The molecule has 2 N–H and O–H groups in total. The molecule has 2 nitrogen and oxygen atoms in total. The van der Waals surface area contributed by atoms with Gasteiger partial charge in [0, 0.05) is 23.1 Å². The summed E-state index contributed by atoms with van der Waals surface area (Å²) in [5.74, 6) is -1.72. The van der Waals surface area contributed by atoms with E-state index in [1.54, 1.807) is 0 Å². The second-order valence-electron chi connectivity index (χ2n) is 4.43. The molecule has 106 valence electrons. The van der Waals surface area contributed by atoms with E-state index in [-0.39, 0.29) is 16.6 Å². The summed E-state index contributed by atoms with van der Waals surface area (Å²) in [6.07, 6.45) is 0. The lowest BCUT2D eigenvalue weighted by atomic mass is 10.0. The Morgan fingerprint density at radius 1 is 1.05 bits per heavy atom. The number of halogens is 2. The van der Waals surface area contributed by atoms with Crippen molar-refractivity contribution in [3.05, 3.63) is 65.7 Å². The lowest BCUT2D eigenvalue weighted by Gasteiger charge is -2.14. The van der Waals surface area contributed by atoms with Crippen LogP contribution in [0.4, 0.5) is 8.78 Å². The molecule has 2 rings (SSSR count). The van der Waals surface area contributed by atoms with E-state index in [0.29, 0.717) is 6.54 Å². The molecule has 2 aromatic rings. The van der Waals surface area contributed by atoms with Crippen LogP contribution < -0.4 is 5.73 Å². The molecule has 0 saturated heterocycles. The van der Waals surface area contributed by atoms with Crippen molar-refractivity contribution in [2.45, 2.75) is 10.8 Å². The van der Waals surface area contributed by atoms with Crippen molar-refractivity contribution in [1.29, 1.82) is 0 Å². The van der Waals surface area contributed by atoms with Crippen LogP contribution in [0.1, 0.15) is 11.5 Å². The average molecular weight is 295 g/mol. The van der Waals surface area contributed by atoms with Gasteiger partial charge in [-0.3, -0.25) is 4.21 Å². The fourth-order valence-corrected chi connectivity index (χ4v) is 3.26. The van der Waals surface area contributed by atoms with Gasteiger partial charge in [-0.1, -0.05) is 30.3 Å². The maximum Gasteiger partial charge on any atom is 0.160 e. The van der Waals surface area contributed by atoms with Gasteiger partial charge in [0.15, 0.2) is 11.6 Å². The second-order valence-corrected chi connectivity index (χ2v) is 5.93. The molecular weight excluding hydrogens is 280 g/mol. The highest BCUT2D eigenvalue weighted by atomic mass is 32.2. The van der Waals surface area contributed by atoms with E-state index in [0.717, 1.165) is 17.7 Å². The molecule has 2 unspecified atom stereocenters. The van der Waals surface area contributed by atoms with E-state index in [2.05, 4.69) is 0 Å². The van der Waals surface area contributed by atoms with E-state index in [9.17, 15) is 13.0 Å². The molecule has 0 heterocycles. The van der Waals surface area contributed by atoms with Gasteiger partial charge in [-0.15, -0.1) is 0 Å². The molecule has 5 heteroatoms. The van der Waals surface area contributed by atoms with E-state index < -0.39 is 22.4 Å². The van der Waals surface area contributed by atoms with Gasteiger partial charge in [-0.2, -0.15) is 0 Å². The Balaban J connectivity index is 2.15. The molecule has 0 aliphatic carbocycles. The highest BCUT2D eigenvalue weighted by molar-refractivity contribution is 7.85. The van der Waals surface area contributed by atoms with Crippen LogP contribution in [-0.4, -0.2) is 16.5 Å². The first-order valence-electron chi connectivity index (χ1n) is 6.20. The summed E-state index contributed by atoms with van der Waals surface area (Å²) in [6.45, 7) is 0.347. The molecule has 0 amide bonds. The van der Waals surface area contributed by atoms with Gasteiger partial charge in [0.25, 0.3) is 0 Å². The topological polar surface area (TPSA) is 43.1 Å².